The molecule has 14 heteroatoms. The molecular formula is C48H97FKN7O4S. The molecule has 3 unspecified atom stereocenters. The predicted octanol–water partition coefficient (Wildman–Crippen LogP) is 7.37. The van der Waals surface area contributed by atoms with E-state index >= 15 is 0 Å². The van der Waals surface area contributed by atoms with Crippen LogP contribution in [0.1, 0.15) is 137 Å². The quantitative estimate of drug-likeness (QED) is 0.0191. The van der Waals surface area contributed by atoms with Gasteiger partial charge in [-0.1, -0.05) is 96.7 Å². The Balaban J connectivity index is -0.000000198. The third kappa shape index (κ3) is 45.7. The molecule has 2 rings (SSSR count). The van der Waals surface area contributed by atoms with Crippen molar-refractivity contribution in [2.75, 3.05) is 61.4 Å². The molecule has 1 aliphatic heterocycles. The molecular weight excluding hydrogens is 829 g/mol. The Kier molecular flexibility index (Phi) is 66.3. The Bertz CT molecular complexity index is 1160. The molecule has 0 amide bonds. The summed E-state index contributed by atoms with van der Waals surface area (Å²) in [5, 5.41) is 30.8. The summed E-state index contributed by atoms with van der Waals surface area (Å²) in [6.07, 6.45) is 15.3. The smallest absolute Gasteiger partial charge is 0.680 e. The molecule has 1 fully saturated rings. The number of benzene rings is 1. The van der Waals surface area contributed by atoms with Crippen molar-refractivity contribution < 1.29 is 75.6 Å². The Morgan fingerprint density at radius 3 is 1.94 bits per heavy atom. The number of aliphatic hydroxyl groups is 1. The van der Waals surface area contributed by atoms with Gasteiger partial charge in [-0.2, -0.15) is 7.05 Å². The van der Waals surface area contributed by atoms with Crippen molar-refractivity contribution in [2.45, 2.75) is 151 Å². The van der Waals surface area contributed by atoms with Crippen molar-refractivity contribution in [3.05, 3.63) is 65.5 Å². The first-order valence-electron chi connectivity index (χ1n) is 22.3. The number of aliphatic hydroxyl groups excluding tert-OH is 1. The largest absolute Gasteiger partial charge is 1.00 e. The van der Waals surface area contributed by atoms with E-state index in [2.05, 4.69) is 76.2 Å². The molecule has 1 heterocycles. The molecule has 0 aromatic heterocycles. The number of nitrogens with zero attached hydrogens (tertiary/aromatic N) is 2. The van der Waals surface area contributed by atoms with Gasteiger partial charge in [0.1, 0.15) is 18.2 Å². The van der Waals surface area contributed by atoms with E-state index in [1.807, 2.05) is 19.1 Å². The summed E-state index contributed by atoms with van der Waals surface area (Å²) < 4.78 is 14.1. The minimum Gasteiger partial charge on any atom is -0.680 e. The molecule has 62 heavy (non-hydrogen) atoms. The number of hydrogen-bond donors (Lipinski definition) is 6. The van der Waals surface area contributed by atoms with Crippen molar-refractivity contribution in [3.8, 4) is 0 Å². The monoisotopic (exact) mass is 926 g/mol. The van der Waals surface area contributed by atoms with E-state index in [-0.39, 0.29) is 74.2 Å². The van der Waals surface area contributed by atoms with Gasteiger partial charge < -0.3 is 47.7 Å². The van der Waals surface area contributed by atoms with Crippen LogP contribution in [0.4, 0.5) is 4.39 Å². The van der Waals surface area contributed by atoms with Crippen LogP contribution in [-0.4, -0.2) is 111 Å². The minimum absolute atomic E-state index is 0. The number of hydrogen-bond acceptors (Lipinski definition) is 10. The van der Waals surface area contributed by atoms with Gasteiger partial charge in [-0.05, 0) is 155 Å². The molecule has 3 atom stereocenters. The normalized spacial score (nSPS) is 13.2. The summed E-state index contributed by atoms with van der Waals surface area (Å²) in [6, 6.07) is 5.30. The number of carbonyl (C=O) groups is 2. The number of nitrogens with one attached hydrogen (secondary N) is 2. The topological polar surface area (TPSA) is 207 Å². The molecule has 1 saturated heterocycles. The number of carboxylic acid groups (broad SMARTS) is 1. The number of aldehydes is 1. The average Bonchev–Trinajstić information content (AvgIpc) is 3.25. The van der Waals surface area contributed by atoms with E-state index in [0.717, 1.165) is 50.6 Å². The van der Waals surface area contributed by atoms with E-state index in [9.17, 15) is 24.2 Å². The number of piperidine rings is 1. The Morgan fingerprint density at radius 1 is 1.03 bits per heavy atom. The van der Waals surface area contributed by atoms with Gasteiger partial charge in [0.2, 0.25) is 0 Å². The van der Waals surface area contributed by atoms with Gasteiger partial charge in [0.25, 0.3) is 0 Å². The maximum atomic E-state index is 14.1. The van der Waals surface area contributed by atoms with Crippen LogP contribution in [-0.2, 0) is 16.0 Å². The van der Waals surface area contributed by atoms with Crippen LogP contribution in [0.15, 0.2) is 42.8 Å². The Hall–Kier alpha value is -0.854. The van der Waals surface area contributed by atoms with E-state index in [1.165, 1.54) is 90.6 Å². The maximum Gasteiger partial charge on any atom is 1.00 e. The summed E-state index contributed by atoms with van der Waals surface area (Å²) >= 11 is 1.17. The zero-order valence-corrected chi connectivity index (χ0v) is 46.3. The third-order valence-electron chi connectivity index (χ3n) is 9.35. The summed E-state index contributed by atoms with van der Waals surface area (Å²) in [4.78, 5) is 26.0. The van der Waals surface area contributed by atoms with Gasteiger partial charge in [-0.25, -0.2) is 4.39 Å². The molecule has 1 aromatic carbocycles. The second-order valence-electron chi connectivity index (χ2n) is 15.4. The number of carbonyl (C=O) groups excluding carboxylic acids is 1. The number of unbranched alkanes of at least 4 members (excludes halogenated alkanes) is 5. The van der Waals surface area contributed by atoms with Crippen molar-refractivity contribution in [3.63, 3.8) is 0 Å². The molecule has 10 N–H and O–H groups in total. The van der Waals surface area contributed by atoms with Crippen molar-refractivity contribution in [2.24, 2.45) is 34.5 Å². The predicted molar refractivity (Wildman–Crippen MR) is 268 cm³/mol. The van der Waals surface area contributed by atoms with Crippen LogP contribution < -0.4 is 68.6 Å². The number of aryl methyl sites for hydroxylation is 1. The van der Waals surface area contributed by atoms with Gasteiger partial charge in [-0.3, -0.25) is 10.2 Å². The van der Waals surface area contributed by atoms with E-state index in [0.29, 0.717) is 30.7 Å². The number of likely N-dealkylation sites (tertiary alicyclic amines) is 1. The second-order valence-corrected chi connectivity index (χ2v) is 16.4. The summed E-state index contributed by atoms with van der Waals surface area (Å²) in [5.74, 6) is -0.942. The summed E-state index contributed by atoms with van der Waals surface area (Å²) in [6.45, 7) is 25.9. The first-order valence-corrected chi connectivity index (χ1v) is 23.1. The van der Waals surface area contributed by atoms with Gasteiger partial charge in [0, 0.05) is 12.5 Å². The average molecular weight is 927 g/mol. The fraction of sp³-hybridized carbons (Fsp3) is 0.729. The molecule has 0 bridgehead atoms. The third-order valence-corrected chi connectivity index (χ3v) is 10.2. The standard InChI is InChI=1S/C30H49FN2O3S.C6H13N.C5H10O.C2H7N.C2H4.2CH5N.CH4N.K/c1-8-9-10-11-15-33(7)26(21(2)3)19-27(34)28(32)37-16-14-24(20-30(5,6)29(35)36)17-23-13-12-22(4)25(31)18-23;1-7-5-3-2-4-6-7;1-2-3-4-5-6;1-2-3;4*1-2;/h12-14,16,18,21,24,26-27,32,34H,8-11,15,17,19-20H2,1-7H3,(H,35,36);2-6H2,1H3;5H,2-4H2,1H3;2-3H2,1H3;1-2H2;2*2H2,1H3;2H,1H3;/q;;;;;;;-1;+1/b16-14+,32-28?;;;;;;;;. The Labute approximate surface area is 428 Å². The van der Waals surface area contributed by atoms with Gasteiger partial charge >= 0.3 is 57.4 Å². The number of rotatable bonds is 20. The number of carboxylic acids is 1. The van der Waals surface area contributed by atoms with E-state index in [1.54, 1.807) is 32.2 Å². The summed E-state index contributed by atoms with van der Waals surface area (Å²) in [7, 11) is 8.54. The van der Waals surface area contributed by atoms with Crippen molar-refractivity contribution in [1.29, 1.82) is 5.41 Å². The number of halogens is 1. The maximum absolute atomic E-state index is 14.1. The van der Waals surface area contributed by atoms with Crippen LogP contribution in [0.25, 0.3) is 5.73 Å². The van der Waals surface area contributed by atoms with Crippen LogP contribution in [0, 0.1) is 35.4 Å². The van der Waals surface area contributed by atoms with Gasteiger partial charge in [-0.15, -0.1) is 13.2 Å². The fourth-order valence-corrected chi connectivity index (χ4v) is 6.61. The molecule has 362 valence electrons. The van der Waals surface area contributed by atoms with Crippen LogP contribution in [0.5, 0.6) is 0 Å². The van der Waals surface area contributed by atoms with Gasteiger partial charge in [0.15, 0.2) is 0 Å². The van der Waals surface area contributed by atoms with E-state index < -0.39 is 17.5 Å². The van der Waals surface area contributed by atoms with Crippen LogP contribution in [0.2, 0.25) is 0 Å². The molecule has 1 aliphatic rings. The molecule has 0 radical (unpaired) electrons. The molecule has 0 saturated carbocycles. The molecule has 0 aliphatic carbocycles. The Morgan fingerprint density at radius 2 is 1.55 bits per heavy atom. The summed E-state index contributed by atoms with van der Waals surface area (Å²) in [5.41, 5.74) is 20.0. The zero-order valence-electron chi connectivity index (χ0n) is 42.3. The number of nitrogens with two attached hydrogens (primary N) is 3. The SMILES string of the molecule is C=C.CCCCC=O.CCCCCCN(C)C(CC(O)C(=N)S/C=C/C(Cc1ccc(C)c(F)c1)CC(C)(C)C(=O)O)C(C)C.CCN.CN.CN.CN1CCCCC1.C[NH-].[K+]. The number of thioether (sulfide) groups is 1. The first-order chi connectivity index (χ1) is 29.0. The van der Waals surface area contributed by atoms with E-state index in [4.69, 9.17) is 16.9 Å². The van der Waals surface area contributed by atoms with Crippen molar-refractivity contribution in [1.82, 2.24) is 9.80 Å². The molecule has 0 spiro atoms. The molecule has 11 nitrogen and oxygen atoms in total. The van der Waals surface area contributed by atoms with Gasteiger partial charge in [0.05, 0.1) is 10.5 Å². The second kappa shape index (κ2) is 54.5. The first kappa shape index (κ1) is 75.4. The zero-order chi connectivity index (χ0) is 48.8. The molecule has 1 aromatic rings. The van der Waals surface area contributed by atoms with Crippen LogP contribution in [0.3, 0.4) is 0 Å². The van der Waals surface area contributed by atoms with Crippen LogP contribution >= 0.6 is 11.8 Å². The van der Waals surface area contributed by atoms with Crippen molar-refractivity contribution >= 4 is 29.1 Å². The number of aliphatic carboxylic acids is 1. The minimum atomic E-state index is -0.942. The number of allylic oxidation sites excluding steroid dienone is 1. The fourth-order valence-electron chi connectivity index (χ4n) is 5.91.